The van der Waals surface area contributed by atoms with E-state index in [9.17, 15) is 4.79 Å². The summed E-state index contributed by atoms with van der Waals surface area (Å²) < 4.78 is 0. The average Bonchev–Trinajstić information content (AvgIpc) is 1.82. The molecule has 0 aromatic rings. The van der Waals surface area contributed by atoms with E-state index in [1.807, 2.05) is 0 Å². The highest BCUT2D eigenvalue weighted by atomic mass is 16.2. The summed E-state index contributed by atoms with van der Waals surface area (Å²) in [5.74, 6) is 0.517. The van der Waals surface area contributed by atoms with E-state index in [1.54, 1.807) is 14.1 Å². The van der Waals surface area contributed by atoms with Crippen LogP contribution in [-0.4, -0.2) is 31.6 Å². The van der Waals surface area contributed by atoms with Gasteiger partial charge >= 0.3 is 6.03 Å². The second-order valence-electron chi connectivity index (χ2n) is 2.97. The van der Waals surface area contributed by atoms with Crippen LogP contribution >= 0.6 is 0 Å². The first kappa shape index (κ1) is 9.27. The highest BCUT2D eigenvalue weighted by Crippen LogP contribution is 1.87. The Balaban J connectivity index is 3.40. The minimum absolute atomic E-state index is 0.0197. The van der Waals surface area contributed by atoms with E-state index in [-0.39, 0.29) is 6.03 Å². The predicted molar refractivity (Wildman–Crippen MR) is 41.9 cm³/mol. The van der Waals surface area contributed by atoms with Crippen molar-refractivity contribution >= 4 is 6.03 Å². The number of amides is 2. The van der Waals surface area contributed by atoms with Crippen LogP contribution in [0, 0.1) is 5.92 Å². The highest BCUT2D eigenvalue weighted by molar-refractivity contribution is 5.73. The van der Waals surface area contributed by atoms with Gasteiger partial charge in [0.25, 0.3) is 0 Å². The molecule has 3 nitrogen and oxygen atoms in total. The third-order valence-electron chi connectivity index (χ3n) is 1.07. The first-order chi connectivity index (χ1) is 4.54. The number of rotatable bonds is 2. The number of hydrogen-bond acceptors (Lipinski definition) is 1. The van der Waals surface area contributed by atoms with Gasteiger partial charge in [-0.05, 0) is 5.92 Å². The molecule has 1 N–H and O–H groups in total. The van der Waals surface area contributed by atoms with Crippen molar-refractivity contribution in [3.8, 4) is 0 Å². The van der Waals surface area contributed by atoms with Gasteiger partial charge in [0.05, 0.1) is 0 Å². The van der Waals surface area contributed by atoms with Crippen LogP contribution in [-0.2, 0) is 0 Å². The van der Waals surface area contributed by atoms with Gasteiger partial charge < -0.3 is 10.2 Å². The average molecular weight is 144 g/mol. The molecule has 0 radical (unpaired) electrons. The molecule has 60 valence electrons. The van der Waals surface area contributed by atoms with Crippen LogP contribution in [0.3, 0.4) is 0 Å². The van der Waals surface area contributed by atoms with Crippen LogP contribution < -0.4 is 5.32 Å². The minimum atomic E-state index is -0.0197. The minimum Gasteiger partial charge on any atom is -0.338 e. The van der Waals surface area contributed by atoms with Gasteiger partial charge in [-0.25, -0.2) is 4.79 Å². The molecule has 0 atom stereocenters. The smallest absolute Gasteiger partial charge is 0.316 e. The lowest BCUT2D eigenvalue weighted by atomic mass is 10.2. The predicted octanol–water partition coefficient (Wildman–Crippen LogP) is 0.914. The van der Waals surface area contributed by atoms with E-state index in [0.29, 0.717) is 5.92 Å². The molecule has 0 fully saturated rings. The van der Waals surface area contributed by atoms with Crippen LogP contribution in [0.1, 0.15) is 13.8 Å². The van der Waals surface area contributed by atoms with E-state index in [1.165, 1.54) is 4.90 Å². The Kier molecular flexibility index (Phi) is 3.84. The molecule has 0 unspecified atom stereocenters. The third kappa shape index (κ3) is 4.18. The van der Waals surface area contributed by atoms with E-state index >= 15 is 0 Å². The van der Waals surface area contributed by atoms with Crippen molar-refractivity contribution in [1.29, 1.82) is 0 Å². The summed E-state index contributed by atoms with van der Waals surface area (Å²) >= 11 is 0. The quantitative estimate of drug-likeness (QED) is 0.614. The fraction of sp³-hybridized carbons (Fsp3) is 0.857. The van der Waals surface area contributed by atoms with Crippen molar-refractivity contribution in [1.82, 2.24) is 10.2 Å². The van der Waals surface area contributed by atoms with E-state index in [2.05, 4.69) is 19.2 Å². The summed E-state index contributed by atoms with van der Waals surface area (Å²) in [6.45, 7) is 4.88. The maximum Gasteiger partial charge on any atom is 0.316 e. The second kappa shape index (κ2) is 4.14. The topological polar surface area (TPSA) is 32.3 Å². The van der Waals surface area contributed by atoms with Gasteiger partial charge in [-0.15, -0.1) is 0 Å². The summed E-state index contributed by atoms with van der Waals surface area (Å²) in [5.41, 5.74) is 0. The Labute approximate surface area is 62.4 Å². The van der Waals surface area contributed by atoms with Crippen molar-refractivity contribution < 1.29 is 4.79 Å². The van der Waals surface area contributed by atoms with Crippen LogP contribution in [0.5, 0.6) is 0 Å². The van der Waals surface area contributed by atoms with Crippen molar-refractivity contribution in [3.63, 3.8) is 0 Å². The maximum atomic E-state index is 10.9. The number of carbonyl (C=O) groups is 1. The molecule has 0 aliphatic rings. The van der Waals surface area contributed by atoms with E-state index in [4.69, 9.17) is 0 Å². The fourth-order valence-corrected chi connectivity index (χ4v) is 0.450. The Morgan fingerprint density at radius 1 is 1.50 bits per heavy atom. The van der Waals surface area contributed by atoms with Crippen molar-refractivity contribution in [2.24, 2.45) is 5.92 Å². The molecule has 0 aliphatic heterocycles. The summed E-state index contributed by atoms with van der Waals surface area (Å²) in [5, 5.41) is 2.77. The zero-order valence-corrected chi connectivity index (χ0v) is 7.14. The van der Waals surface area contributed by atoms with Crippen LogP contribution in [0.2, 0.25) is 0 Å². The van der Waals surface area contributed by atoms with Crippen molar-refractivity contribution in [2.75, 3.05) is 20.6 Å². The zero-order valence-electron chi connectivity index (χ0n) is 7.14. The Bertz CT molecular complexity index is 110. The molecule has 2 amide bonds. The molecule has 3 heteroatoms. The monoisotopic (exact) mass is 144 g/mol. The SMILES string of the molecule is CC(C)CNC(=O)N(C)C. The molecule has 0 heterocycles. The number of nitrogens with zero attached hydrogens (tertiary/aromatic N) is 1. The molecule has 0 saturated heterocycles. The molecule has 10 heavy (non-hydrogen) atoms. The summed E-state index contributed by atoms with van der Waals surface area (Å²) in [4.78, 5) is 12.4. The van der Waals surface area contributed by atoms with Crippen LogP contribution in [0.15, 0.2) is 0 Å². The second-order valence-corrected chi connectivity index (χ2v) is 2.97. The van der Waals surface area contributed by atoms with Gasteiger partial charge in [0, 0.05) is 20.6 Å². The van der Waals surface area contributed by atoms with E-state index in [0.717, 1.165) is 6.54 Å². The normalized spacial score (nSPS) is 9.70. The van der Waals surface area contributed by atoms with Crippen molar-refractivity contribution in [3.05, 3.63) is 0 Å². The van der Waals surface area contributed by atoms with Gasteiger partial charge in [0.1, 0.15) is 0 Å². The Morgan fingerprint density at radius 3 is 2.30 bits per heavy atom. The Hall–Kier alpha value is -0.730. The number of carbonyl (C=O) groups excluding carboxylic acids is 1. The number of hydrogen-bond donors (Lipinski definition) is 1. The molecule has 0 saturated carbocycles. The molecule has 0 spiro atoms. The summed E-state index contributed by atoms with van der Waals surface area (Å²) in [6, 6.07) is -0.0197. The molecule has 0 aromatic heterocycles. The number of urea groups is 1. The lowest BCUT2D eigenvalue weighted by molar-refractivity contribution is 0.216. The van der Waals surface area contributed by atoms with Crippen LogP contribution in [0.4, 0.5) is 4.79 Å². The maximum absolute atomic E-state index is 10.9. The molecule has 0 aliphatic carbocycles. The van der Waals surface area contributed by atoms with Gasteiger partial charge in [-0.3, -0.25) is 0 Å². The lowest BCUT2D eigenvalue weighted by Crippen LogP contribution is -2.36. The van der Waals surface area contributed by atoms with Crippen molar-refractivity contribution in [2.45, 2.75) is 13.8 Å². The molecule has 0 bridgehead atoms. The Morgan fingerprint density at radius 2 is 2.00 bits per heavy atom. The first-order valence-electron chi connectivity index (χ1n) is 3.49. The van der Waals surface area contributed by atoms with Gasteiger partial charge in [-0.1, -0.05) is 13.8 Å². The molecule has 0 aromatic carbocycles. The van der Waals surface area contributed by atoms with Gasteiger partial charge in [0.2, 0.25) is 0 Å². The fourth-order valence-electron chi connectivity index (χ4n) is 0.450. The first-order valence-corrected chi connectivity index (χ1v) is 3.49. The third-order valence-corrected chi connectivity index (χ3v) is 1.07. The highest BCUT2D eigenvalue weighted by Gasteiger charge is 2.01. The summed E-state index contributed by atoms with van der Waals surface area (Å²) in [7, 11) is 3.46. The van der Waals surface area contributed by atoms with Gasteiger partial charge in [0.15, 0.2) is 0 Å². The molecule has 0 rings (SSSR count). The largest absolute Gasteiger partial charge is 0.338 e. The number of nitrogens with one attached hydrogen (secondary N) is 1. The zero-order chi connectivity index (χ0) is 8.15. The van der Waals surface area contributed by atoms with E-state index < -0.39 is 0 Å². The lowest BCUT2D eigenvalue weighted by Gasteiger charge is -2.12. The summed E-state index contributed by atoms with van der Waals surface area (Å²) in [6.07, 6.45) is 0. The standard InChI is InChI=1S/C7H16N2O/c1-6(2)5-8-7(10)9(3)4/h6H,5H2,1-4H3,(H,8,10). The molecular formula is C7H16N2O. The van der Waals surface area contributed by atoms with Crippen LogP contribution in [0.25, 0.3) is 0 Å². The van der Waals surface area contributed by atoms with Gasteiger partial charge in [-0.2, -0.15) is 0 Å². The molecular weight excluding hydrogens is 128 g/mol.